The lowest BCUT2D eigenvalue weighted by Gasteiger charge is -2.22. The molecule has 2 aromatic carbocycles. The van der Waals surface area contributed by atoms with Crippen LogP contribution in [-0.2, 0) is 9.53 Å². The maximum Gasteiger partial charge on any atom is 0.413 e. The van der Waals surface area contributed by atoms with Crippen LogP contribution in [0.25, 0.3) is 11.1 Å². The Morgan fingerprint density at radius 1 is 1.14 bits per heavy atom. The summed E-state index contributed by atoms with van der Waals surface area (Å²) in [6.07, 6.45) is 0.751. The molecule has 2 N–H and O–H groups in total. The quantitative estimate of drug-likeness (QED) is 0.536. The van der Waals surface area contributed by atoms with Crippen molar-refractivity contribution in [3.8, 4) is 11.1 Å². The number of nitrogens with zero attached hydrogens (tertiary/aromatic N) is 2. The molecule has 2 amide bonds. The van der Waals surface area contributed by atoms with Crippen LogP contribution < -0.4 is 5.32 Å². The number of aliphatic carboxylic acids is 1. The first-order chi connectivity index (χ1) is 16.8. The van der Waals surface area contributed by atoms with Crippen molar-refractivity contribution in [3.05, 3.63) is 70.7 Å². The Balaban J connectivity index is 1.21. The number of hydrogen-bond acceptors (Lipinski definition) is 6. The van der Waals surface area contributed by atoms with Crippen molar-refractivity contribution in [2.24, 2.45) is 11.3 Å². The van der Waals surface area contributed by atoms with Gasteiger partial charge in [0.2, 0.25) is 0 Å². The van der Waals surface area contributed by atoms with E-state index in [1.807, 2.05) is 31.2 Å². The molecule has 2 aliphatic rings. The van der Waals surface area contributed by atoms with E-state index in [0.29, 0.717) is 11.4 Å². The molecule has 2 atom stereocenters. The number of amides is 2. The molecule has 0 radical (unpaired) electrons. The Morgan fingerprint density at radius 2 is 1.77 bits per heavy atom. The normalized spacial score (nSPS) is 20.9. The van der Waals surface area contributed by atoms with Gasteiger partial charge in [0.25, 0.3) is 5.91 Å². The maximum absolute atomic E-state index is 12.9. The second-order valence-electron chi connectivity index (χ2n) is 9.29. The van der Waals surface area contributed by atoms with Gasteiger partial charge in [0.15, 0.2) is 5.13 Å². The third-order valence-corrected chi connectivity index (χ3v) is 8.05. The number of benzene rings is 2. The predicted molar refractivity (Wildman–Crippen MR) is 132 cm³/mol. The van der Waals surface area contributed by atoms with E-state index in [0.717, 1.165) is 33.6 Å². The summed E-state index contributed by atoms with van der Waals surface area (Å²) in [4.78, 5) is 43.0. The zero-order valence-electron chi connectivity index (χ0n) is 19.4. The highest BCUT2D eigenvalue weighted by atomic mass is 32.1. The molecule has 1 aromatic heterocycles. The largest absolute Gasteiger partial charge is 0.481 e. The van der Waals surface area contributed by atoms with Crippen molar-refractivity contribution in [1.29, 1.82) is 0 Å². The first-order valence-corrected chi connectivity index (χ1v) is 12.2. The first kappa shape index (κ1) is 23.0. The molecule has 9 heteroatoms. The van der Waals surface area contributed by atoms with E-state index in [-0.39, 0.29) is 36.0 Å². The van der Waals surface area contributed by atoms with Crippen LogP contribution in [0.3, 0.4) is 0 Å². The molecule has 5 rings (SSSR count). The number of anilines is 1. The number of carboxylic acids is 1. The van der Waals surface area contributed by atoms with Crippen molar-refractivity contribution >= 4 is 34.4 Å². The lowest BCUT2D eigenvalue weighted by Crippen LogP contribution is -2.36. The molecule has 1 aliphatic carbocycles. The summed E-state index contributed by atoms with van der Waals surface area (Å²) in [6, 6.07) is 16.2. The zero-order chi connectivity index (χ0) is 24.7. The minimum Gasteiger partial charge on any atom is -0.481 e. The number of hydrogen-bond donors (Lipinski definition) is 2. The number of ether oxygens (including phenoxy) is 1. The monoisotopic (exact) mass is 491 g/mol. The lowest BCUT2D eigenvalue weighted by atomic mass is 9.81. The number of likely N-dealkylation sites (tertiary alicyclic amines) is 1. The summed E-state index contributed by atoms with van der Waals surface area (Å²) in [7, 11) is 0. The molecule has 1 fully saturated rings. The van der Waals surface area contributed by atoms with Crippen molar-refractivity contribution in [3.63, 3.8) is 0 Å². The molecule has 180 valence electrons. The van der Waals surface area contributed by atoms with Crippen LogP contribution in [0.4, 0.5) is 9.93 Å². The van der Waals surface area contributed by atoms with E-state index in [2.05, 4.69) is 34.6 Å². The van der Waals surface area contributed by atoms with Gasteiger partial charge in [-0.2, -0.15) is 0 Å². The van der Waals surface area contributed by atoms with E-state index >= 15 is 0 Å². The number of fused-ring (bicyclic) bond motifs is 3. The third-order valence-electron chi connectivity index (χ3n) is 7.15. The van der Waals surface area contributed by atoms with Gasteiger partial charge >= 0.3 is 12.1 Å². The number of rotatable bonds is 5. The van der Waals surface area contributed by atoms with Gasteiger partial charge in [-0.15, -0.1) is 0 Å². The highest BCUT2D eigenvalue weighted by Crippen LogP contribution is 2.44. The summed E-state index contributed by atoms with van der Waals surface area (Å²) < 4.78 is 5.54. The number of nitrogens with one attached hydrogen (secondary N) is 1. The average molecular weight is 492 g/mol. The van der Waals surface area contributed by atoms with E-state index in [1.54, 1.807) is 6.92 Å². The van der Waals surface area contributed by atoms with Crippen LogP contribution in [0.15, 0.2) is 54.7 Å². The Kier molecular flexibility index (Phi) is 5.80. The van der Waals surface area contributed by atoms with Crippen molar-refractivity contribution in [2.45, 2.75) is 19.8 Å². The van der Waals surface area contributed by atoms with Gasteiger partial charge < -0.3 is 14.7 Å². The zero-order valence-corrected chi connectivity index (χ0v) is 20.2. The van der Waals surface area contributed by atoms with E-state index in [1.165, 1.54) is 11.1 Å². The second kappa shape index (κ2) is 8.81. The van der Waals surface area contributed by atoms with Crippen molar-refractivity contribution in [1.82, 2.24) is 9.88 Å². The second-order valence-corrected chi connectivity index (χ2v) is 10.3. The van der Waals surface area contributed by atoms with E-state index < -0.39 is 17.5 Å². The lowest BCUT2D eigenvalue weighted by molar-refractivity contribution is -0.148. The molecule has 1 aliphatic heterocycles. The SMILES string of the molecule is CC1CN(C(=O)c2cnc(NC(=O)OCC3c4ccccc4-c4ccccc43)s2)CC1(C)C(=O)O. The van der Waals surface area contributed by atoms with Crippen LogP contribution in [0.1, 0.15) is 40.6 Å². The summed E-state index contributed by atoms with van der Waals surface area (Å²) in [5.74, 6) is -1.43. The Morgan fingerprint density at radius 3 is 2.37 bits per heavy atom. The summed E-state index contributed by atoms with van der Waals surface area (Å²) in [5, 5.41) is 12.4. The van der Waals surface area contributed by atoms with Crippen LogP contribution in [-0.4, -0.2) is 52.7 Å². The van der Waals surface area contributed by atoms with Crippen LogP contribution >= 0.6 is 11.3 Å². The Labute approximate surface area is 206 Å². The van der Waals surface area contributed by atoms with Crippen molar-refractivity contribution in [2.75, 3.05) is 25.0 Å². The predicted octanol–water partition coefficient (Wildman–Crippen LogP) is 4.69. The van der Waals surface area contributed by atoms with Crippen LogP contribution in [0.5, 0.6) is 0 Å². The molecule has 35 heavy (non-hydrogen) atoms. The fourth-order valence-electron chi connectivity index (χ4n) is 4.89. The molecule has 0 spiro atoms. The average Bonchev–Trinajstić information content (AvgIpc) is 3.52. The number of aromatic nitrogens is 1. The van der Waals surface area contributed by atoms with Gasteiger partial charge in [-0.25, -0.2) is 9.78 Å². The number of carbonyl (C=O) groups excluding carboxylic acids is 2. The van der Waals surface area contributed by atoms with Crippen LogP contribution in [0.2, 0.25) is 0 Å². The minimum absolute atomic E-state index is 0.0534. The standard InChI is InChI=1S/C26H25N3O5S/c1-15-12-29(14-26(15,2)23(31)32)22(30)21-11-27-24(35-21)28-25(33)34-13-20-18-9-5-3-7-16(18)17-8-4-6-10-19(17)20/h3-11,15,20H,12-14H2,1-2H3,(H,31,32)(H,27,28,33). The van der Waals surface area contributed by atoms with Crippen LogP contribution in [0, 0.1) is 11.3 Å². The number of carboxylic acid groups (broad SMARTS) is 1. The minimum atomic E-state index is -0.983. The van der Waals surface area contributed by atoms with Gasteiger partial charge in [0, 0.05) is 19.0 Å². The fraction of sp³-hybridized carbons (Fsp3) is 0.308. The summed E-state index contributed by atoms with van der Waals surface area (Å²) >= 11 is 1.04. The third kappa shape index (κ3) is 4.05. The summed E-state index contributed by atoms with van der Waals surface area (Å²) in [5.41, 5.74) is 3.56. The molecule has 0 bridgehead atoms. The summed E-state index contributed by atoms with van der Waals surface area (Å²) in [6.45, 7) is 4.16. The van der Waals surface area contributed by atoms with E-state index in [4.69, 9.17) is 4.74 Å². The molecular formula is C26H25N3O5S. The van der Waals surface area contributed by atoms with Gasteiger partial charge in [-0.05, 0) is 35.1 Å². The number of thiazole rings is 1. The smallest absolute Gasteiger partial charge is 0.413 e. The Hall–Kier alpha value is -3.72. The van der Waals surface area contributed by atoms with Gasteiger partial charge in [0.1, 0.15) is 11.5 Å². The molecule has 1 saturated heterocycles. The highest BCUT2D eigenvalue weighted by molar-refractivity contribution is 7.17. The topological polar surface area (TPSA) is 109 Å². The maximum atomic E-state index is 12.9. The van der Waals surface area contributed by atoms with Gasteiger partial charge in [0.05, 0.1) is 11.6 Å². The van der Waals surface area contributed by atoms with Gasteiger partial charge in [-0.3, -0.25) is 14.9 Å². The van der Waals surface area contributed by atoms with Crippen molar-refractivity contribution < 1.29 is 24.2 Å². The molecular weight excluding hydrogens is 466 g/mol. The van der Waals surface area contributed by atoms with E-state index in [9.17, 15) is 19.5 Å². The molecule has 3 aromatic rings. The Bertz CT molecular complexity index is 1280. The highest BCUT2D eigenvalue weighted by Gasteiger charge is 2.48. The molecule has 0 saturated carbocycles. The molecule has 8 nitrogen and oxygen atoms in total. The molecule has 2 heterocycles. The molecule has 2 unspecified atom stereocenters. The van der Waals surface area contributed by atoms with Gasteiger partial charge in [-0.1, -0.05) is 66.8 Å². The first-order valence-electron chi connectivity index (χ1n) is 11.4. The number of carbonyl (C=O) groups is 3. The fourth-order valence-corrected chi connectivity index (χ4v) is 5.66.